The first-order valence-corrected chi connectivity index (χ1v) is 7.85. The van der Waals surface area contributed by atoms with Crippen molar-refractivity contribution in [2.45, 2.75) is 19.4 Å². The fourth-order valence-corrected chi connectivity index (χ4v) is 2.86. The number of halogens is 3. The first kappa shape index (κ1) is 16.8. The fourth-order valence-electron chi connectivity index (χ4n) is 2.27. The molecule has 2 unspecified atom stereocenters. The van der Waals surface area contributed by atoms with Crippen LogP contribution in [0.2, 0.25) is 15.1 Å². The molecule has 2 N–H and O–H groups in total. The number of aliphatic hydroxyl groups excluding tert-OH is 1. The van der Waals surface area contributed by atoms with Crippen molar-refractivity contribution in [1.29, 1.82) is 0 Å². The number of anilines is 1. The highest BCUT2D eigenvalue weighted by Gasteiger charge is 2.25. The summed E-state index contributed by atoms with van der Waals surface area (Å²) in [5, 5.41) is 13.6. The molecule has 1 aromatic carbocycles. The molecule has 0 saturated carbocycles. The molecule has 4 nitrogen and oxygen atoms in total. The van der Waals surface area contributed by atoms with Gasteiger partial charge in [-0.15, -0.1) is 0 Å². The first-order valence-electron chi connectivity index (χ1n) is 6.71. The van der Waals surface area contributed by atoms with Gasteiger partial charge in [-0.25, -0.2) is 0 Å². The lowest BCUT2D eigenvalue weighted by atomic mass is 9.96. The number of carbonyl (C=O) groups is 1. The Balaban J connectivity index is 1.95. The summed E-state index contributed by atoms with van der Waals surface area (Å²) in [5.41, 5.74) is 0.432. The van der Waals surface area contributed by atoms with Crippen LogP contribution in [-0.4, -0.2) is 41.7 Å². The quantitative estimate of drug-likeness (QED) is 0.822. The molecule has 0 aliphatic carbocycles. The number of nitrogens with zero attached hydrogens (tertiary/aromatic N) is 1. The lowest BCUT2D eigenvalue weighted by molar-refractivity contribution is -0.118. The summed E-state index contributed by atoms with van der Waals surface area (Å²) in [6.45, 7) is 3.52. The molecule has 2 rings (SSSR count). The minimum atomic E-state index is -0.389. The maximum atomic E-state index is 12.0. The number of benzene rings is 1. The van der Waals surface area contributed by atoms with Crippen molar-refractivity contribution in [3.05, 3.63) is 27.2 Å². The van der Waals surface area contributed by atoms with Crippen LogP contribution in [0.25, 0.3) is 0 Å². The Labute approximate surface area is 139 Å². The molecule has 1 aliphatic rings. The monoisotopic (exact) mass is 350 g/mol. The van der Waals surface area contributed by atoms with Gasteiger partial charge in [0.15, 0.2) is 0 Å². The fraction of sp³-hybridized carbons (Fsp3) is 0.500. The van der Waals surface area contributed by atoms with E-state index in [1.807, 2.05) is 11.8 Å². The van der Waals surface area contributed by atoms with Crippen LogP contribution in [-0.2, 0) is 4.79 Å². The molecule has 0 radical (unpaired) electrons. The zero-order chi connectivity index (χ0) is 15.6. The molecule has 0 spiro atoms. The minimum Gasteiger partial charge on any atom is -0.392 e. The van der Waals surface area contributed by atoms with E-state index in [0.29, 0.717) is 27.3 Å². The number of β-amino-alcohol motifs (C(OH)–C–C–N with tert-alkyl or cyclic N) is 1. The number of nitrogens with one attached hydrogen (secondary N) is 1. The number of carbonyl (C=O) groups excluding carboxylic acids is 1. The summed E-state index contributed by atoms with van der Waals surface area (Å²) >= 11 is 17.8. The van der Waals surface area contributed by atoms with Crippen molar-refractivity contribution in [3.8, 4) is 0 Å². The van der Waals surface area contributed by atoms with E-state index in [1.54, 1.807) is 0 Å². The molecule has 0 bridgehead atoms. The third-order valence-electron chi connectivity index (χ3n) is 3.65. The largest absolute Gasteiger partial charge is 0.392 e. The molecule has 1 amide bonds. The molecule has 116 valence electrons. The predicted octanol–water partition coefficient (Wildman–Crippen LogP) is 3.29. The Morgan fingerprint density at radius 3 is 2.67 bits per heavy atom. The topological polar surface area (TPSA) is 52.6 Å². The molecule has 1 saturated heterocycles. The van der Waals surface area contributed by atoms with Crippen molar-refractivity contribution in [3.63, 3.8) is 0 Å². The van der Waals surface area contributed by atoms with E-state index in [2.05, 4.69) is 5.32 Å². The van der Waals surface area contributed by atoms with E-state index in [0.717, 1.165) is 13.0 Å². The van der Waals surface area contributed by atoms with Crippen LogP contribution >= 0.6 is 34.8 Å². The van der Waals surface area contributed by atoms with Gasteiger partial charge in [0.05, 0.1) is 33.4 Å². The highest BCUT2D eigenvalue weighted by Crippen LogP contribution is 2.32. The Morgan fingerprint density at radius 1 is 1.33 bits per heavy atom. The molecule has 1 aromatic rings. The zero-order valence-corrected chi connectivity index (χ0v) is 13.8. The molecular formula is C14H17Cl3N2O2. The van der Waals surface area contributed by atoms with E-state index in [-0.39, 0.29) is 24.5 Å². The van der Waals surface area contributed by atoms with Crippen LogP contribution < -0.4 is 5.32 Å². The summed E-state index contributed by atoms with van der Waals surface area (Å²) in [6.07, 6.45) is 0.488. The van der Waals surface area contributed by atoms with Gasteiger partial charge in [-0.3, -0.25) is 9.69 Å². The maximum Gasteiger partial charge on any atom is 0.238 e. The number of hydrogen-bond acceptors (Lipinski definition) is 3. The SMILES string of the molecule is CC1CCN(CC(=O)Nc2cc(Cl)c(Cl)cc2Cl)CC1O. The van der Waals surface area contributed by atoms with Crippen LogP contribution in [0.1, 0.15) is 13.3 Å². The number of likely N-dealkylation sites (tertiary alicyclic amines) is 1. The molecule has 1 aliphatic heterocycles. The van der Waals surface area contributed by atoms with Crippen molar-refractivity contribution >= 4 is 46.4 Å². The maximum absolute atomic E-state index is 12.0. The lowest BCUT2D eigenvalue weighted by Gasteiger charge is -2.33. The average molecular weight is 352 g/mol. The second kappa shape index (κ2) is 7.16. The third-order valence-corrected chi connectivity index (χ3v) is 4.69. The third kappa shape index (κ3) is 4.47. The van der Waals surface area contributed by atoms with E-state index in [9.17, 15) is 9.90 Å². The van der Waals surface area contributed by atoms with Gasteiger partial charge in [-0.1, -0.05) is 41.7 Å². The molecule has 1 heterocycles. The molecule has 2 atom stereocenters. The average Bonchev–Trinajstić information content (AvgIpc) is 2.40. The van der Waals surface area contributed by atoms with Crippen molar-refractivity contribution in [1.82, 2.24) is 4.90 Å². The number of hydrogen-bond donors (Lipinski definition) is 2. The molecule has 7 heteroatoms. The number of rotatable bonds is 3. The summed E-state index contributed by atoms with van der Waals surface area (Å²) in [5.74, 6) is 0.0749. The summed E-state index contributed by atoms with van der Waals surface area (Å²) in [4.78, 5) is 14.0. The second-order valence-electron chi connectivity index (χ2n) is 5.36. The Bertz CT molecular complexity index is 539. The van der Waals surface area contributed by atoms with Crippen LogP contribution in [0, 0.1) is 5.92 Å². The number of piperidine rings is 1. The van der Waals surface area contributed by atoms with Crippen molar-refractivity contribution in [2.24, 2.45) is 5.92 Å². The number of amides is 1. The standard InChI is InChI=1S/C14H17Cl3N2O2/c1-8-2-3-19(6-13(8)20)7-14(21)18-12-5-10(16)9(15)4-11(12)17/h4-5,8,13,20H,2-3,6-7H2,1H3,(H,18,21). The smallest absolute Gasteiger partial charge is 0.238 e. The van der Waals surface area contributed by atoms with Crippen LogP contribution in [0.5, 0.6) is 0 Å². The number of aliphatic hydroxyl groups is 1. The van der Waals surface area contributed by atoms with Gasteiger partial charge >= 0.3 is 0 Å². The predicted molar refractivity (Wildman–Crippen MR) is 86.3 cm³/mol. The van der Waals surface area contributed by atoms with Crippen LogP contribution in [0.3, 0.4) is 0 Å². The van der Waals surface area contributed by atoms with Crippen LogP contribution in [0.4, 0.5) is 5.69 Å². The van der Waals surface area contributed by atoms with Crippen molar-refractivity contribution in [2.75, 3.05) is 25.0 Å². The van der Waals surface area contributed by atoms with Gasteiger partial charge in [0.2, 0.25) is 5.91 Å². The first-order chi connectivity index (χ1) is 9.86. The van der Waals surface area contributed by atoms with E-state index in [1.165, 1.54) is 12.1 Å². The zero-order valence-electron chi connectivity index (χ0n) is 11.6. The lowest BCUT2D eigenvalue weighted by Crippen LogP contribution is -2.45. The second-order valence-corrected chi connectivity index (χ2v) is 6.58. The molecular weight excluding hydrogens is 335 g/mol. The highest BCUT2D eigenvalue weighted by atomic mass is 35.5. The normalized spacial score (nSPS) is 23.1. The van der Waals surface area contributed by atoms with Gasteiger partial charge in [-0.2, -0.15) is 0 Å². The molecule has 0 aromatic heterocycles. The van der Waals surface area contributed by atoms with Crippen LogP contribution in [0.15, 0.2) is 12.1 Å². The van der Waals surface area contributed by atoms with Gasteiger partial charge in [0.25, 0.3) is 0 Å². The van der Waals surface area contributed by atoms with E-state index in [4.69, 9.17) is 34.8 Å². The Kier molecular flexibility index (Phi) is 5.74. The van der Waals surface area contributed by atoms with Gasteiger partial charge in [0.1, 0.15) is 0 Å². The summed E-state index contributed by atoms with van der Waals surface area (Å²) in [6, 6.07) is 3.02. The summed E-state index contributed by atoms with van der Waals surface area (Å²) < 4.78 is 0. The van der Waals surface area contributed by atoms with Gasteiger partial charge in [0, 0.05) is 6.54 Å². The van der Waals surface area contributed by atoms with Gasteiger partial charge < -0.3 is 10.4 Å². The van der Waals surface area contributed by atoms with E-state index < -0.39 is 0 Å². The van der Waals surface area contributed by atoms with Crippen molar-refractivity contribution < 1.29 is 9.90 Å². The van der Waals surface area contributed by atoms with E-state index >= 15 is 0 Å². The highest BCUT2D eigenvalue weighted by molar-refractivity contribution is 6.44. The molecule has 1 fully saturated rings. The Hall–Kier alpha value is -0.520. The minimum absolute atomic E-state index is 0.197. The Morgan fingerprint density at radius 2 is 2.00 bits per heavy atom. The van der Waals surface area contributed by atoms with Gasteiger partial charge in [-0.05, 0) is 31.0 Å². The molecule has 21 heavy (non-hydrogen) atoms. The summed E-state index contributed by atoms with van der Waals surface area (Å²) in [7, 11) is 0.